The van der Waals surface area contributed by atoms with Crippen LogP contribution in [-0.2, 0) is 6.54 Å². The summed E-state index contributed by atoms with van der Waals surface area (Å²) >= 11 is 0. The molecular weight excluding hydrogens is 229 g/mol. The maximum atomic E-state index is 13.7. The molecule has 0 spiro atoms. The predicted octanol–water partition coefficient (Wildman–Crippen LogP) is 2.82. The highest BCUT2D eigenvalue weighted by Gasteiger charge is 2.12. The molecule has 0 saturated carbocycles. The zero-order valence-electron chi connectivity index (χ0n) is 10.7. The summed E-state index contributed by atoms with van der Waals surface area (Å²) in [6.07, 6.45) is 0.427. The van der Waals surface area contributed by atoms with Crippen molar-refractivity contribution in [3.63, 3.8) is 0 Å². The van der Waals surface area contributed by atoms with Crippen LogP contribution in [0, 0.1) is 28.5 Å². The van der Waals surface area contributed by atoms with Crippen LogP contribution in [0.4, 0.5) is 4.39 Å². The third kappa shape index (κ3) is 3.84. The lowest BCUT2D eigenvalue weighted by Gasteiger charge is -2.25. The number of nitrogens with zero attached hydrogens (tertiary/aromatic N) is 3. The van der Waals surface area contributed by atoms with E-state index < -0.39 is 0 Å². The fourth-order valence-corrected chi connectivity index (χ4v) is 1.68. The average Bonchev–Trinajstić information content (AvgIpc) is 2.35. The third-order valence-corrected chi connectivity index (χ3v) is 2.80. The molecule has 0 fully saturated rings. The third-order valence-electron chi connectivity index (χ3n) is 2.80. The number of halogens is 1. The van der Waals surface area contributed by atoms with Crippen LogP contribution in [0.5, 0.6) is 0 Å². The molecule has 3 nitrogen and oxygen atoms in total. The van der Waals surface area contributed by atoms with E-state index in [1.165, 1.54) is 6.07 Å². The second-order valence-corrected chi connectivity index (χ2v) is 4.39. The van der Waals surface area contributed by atoms with Crippen molar-refractivity contribution in [3.05, 3.63) is 35.1 Å². The number of nitriles is 2. The molecule has 0 heterocycles. The smallest absolute Gasteiger partial charge is 0.129 e. The molecule has 94 valence electrons. The molecule has 0 aliphatic rings. The molecule has 0 atom stereocenters. The van der Waals surface area contributed by atoms with Crippen molar-refractivity contribution in [1.29, 1.82) is 10.5 Å². The van der Waals surface area contributed by atoms with Gasteiger partial charge >= 0.3 is 0 Å². The highest BCUT2D eigenvalue weighted by molar-refractivity contribution is 5.32. The van der Waals surface area contributed by atoms with Crippen LogP contribution in [0.2, 0.25) is 0 Å². The van der Waals surface area contributed by atoms with E-state index in [9.17, 15) is 4.39 Å². The van der Waals surface area contributed by atoms with Crippen LogP contribution in [0.1, 0.15) is 31.4 Å². The number of hydrogen-bond donors (Lipinski definition) is 0. The second-order valence-electron chi connectivity index (χ2n) is 4.39. The Bertz CT molecular complexity index is 483. The van der Waals surface area contributed by atoms with Gasteiger partial charge in [-0.3, -0.25) is 4.90 Å². The molecule has 0 N–H and O–H groups in total. The lowest BCUT2D eigenvalue weighted by molar-refractivity contribution is 0.215. The first-order chi connectivity index (χ1) is 8.58. The van der Waals surface area contributed by atoms with Gasteiger partial charge in [-0.05, 0) is 26.0 Å². The Morgan fingerprint density at radius 3 is 2.56 bits per heavy atom. The summed E-state index contributed by atoms with van der Waals surface area (Å²) in [6, 6.07) is 8.74. The van der Waals surface area contributed by atoms with Gasteiger partial charge in [0.05, 0.1) is 17.7 Å². The maximum Gasteiger partial charge on any atom is 0.129 e. The molecule has 1 aromatic carbocycles. The fourth-order valence-electron chi connectivity index (χ4n) is 1.68. The fraction of sp³-hybridized carbons (Fsp3) is 0.429. The van der Waals surface area contributed by atoms with Gasteiger partial charge < -0.3 is 0 Å². The van der Waals surface area contributed by atoms with Crippen LogP contribution in [0.3, 0.4) is 0 Å². The van der Waals surface area contributed by atoms with Crippen molar-refractivity contribution >= 4 is 0 Å². The summed E-state index contributed by atoms with van der Waals surface area (Å²) in [4.78, 5) is 2.04. The van der Waals surface area contributed by atoms with Gasteiger partial charge in [0, 0.05) is 31.1 Å². The van der Waals surface area contributed by atoms with Gasteiger partial charge in [0.2, 0.25) is 0 Å². The molecule has 0 unspecified atom stereocenters. The van der Waals surface area contributed by atoms with E-state index in [2.05, 4.69) is 6.07 Å². The predicted molar refractivity (Wildman–Crippen MR) is 66.9 cm³/mol. The van der Waals surface area contributed by atoms with Crippen molar-refractivity contribution in [2.75, 3.05) is 6.54 Å². The maximum absolute atomic E-state index is 13.7. The molecular formula is C14H16FN3. The Morgan fingerprint density at radius 2 is 2.06 bits per heavy atom. The minimum absolute atomic E-state index is 0.244. The lowest BCUT2D eigenvalue weighted by atomic mass is 10.1. The van der Waals surface area contributed by atoms with Crippen molar-refractivity contribution in [3.8, 4) is 12.1 Å². The first-order valence-corrected chi connectivity index (χ1v) is 5.88. The lowest BCUT2D eigenvalue weighted by Crippen LogP contribution is -2.31. The van der Waals surface area contributed by atoms with Gasteiger partial charge in [0.1, 0.15) is 5.82 Å². The Hall–Kier alpha value is -1.91. The molecule has 18 heavy (non-hydrogen) atoms. The van der Waals surface area contributed by atoms with Crippen LogP contribution in [0.25, 0.3) is 0 Å². The zero-order chi connectivity index (χ0) is 13.5. The van der Waals surface area contributed by atoms with Crippen LogP contribution in [-0.4, -0.2) is 17.5 Å². The molecule has 0 saturated heterocycles. The van der Waals surface area contributed by atoms with E-state index in [1.807, 2.05) is 24.8 Å². The molecule has 1 rings (SSSR count). The number of benzene rings is 1. The topological polar surface area (TPSA) is 50.8 Å². The quantitative estimate of drug-likeness (QED) is 0.801. The van der Waals surface area contributed by atoms with E-state index in [0.29, 0.717) is 30.6 Å². The second kappa shape index (κ2) is 6.74. The Labute approximate surface area is 107 Å². The first kappa shape index (κ1) is 14.2. The van der Waals surface area contributed by atoms with E-state index in [1.54, 1.807) is 12.1 Å². The molecule has 4 heteroatoms. The molecule has 0 radical (unpaired) electrons. The van der Waals surface area contributed by atoms with Crippen molar-refractivity contribution < 1.29 is 4.39 Å². The van der Waals surface area contributed by atoms with E-state index in [0.717, 1.165) is 0 Å². The van der Waals surface area contributed by atoms with Crippen molar-refractivity contribution in [2.45, 2.75) is 32.9 Å². The molecule has 0 aromatic heterocycles. The summed E-state index contributed by atoms with van der Waals surface area (Å²) in [5.74, 6) is -0.364. The summed E-state index contributed by atoms with van der Waals surface area (Å²) < 4.78 is 13.7. The molecule has 0 bridgehead atoms. The molecule has 0 aliphatic heterocycles. The molecule has 0 amide bonds. The average molecular weight is 245 g/mol. The minimum Gasteiger partial charge on any atom is -0.296 e. The van der Waals surface area contributed by atoms with Gasteiger partial charge in [-0.2, -0.15) is 10.5 Å². The summed E-state index contributed by atoms with van der Waals surface area (Å²) in [6.45, 7) is 5.10. The monoisotopic (exact) mass is 245 g/mol. The summed E-state index contributed by atoms with van der Waals surface area (Å²) in [5.41, 5.74) is 0.880. The summed E-state index contributed by atoms with van der Waals surface area (Å²) in [5, 5.41) is 17.3. The first-order valence-electron chi connectivity index (χ1n) is 5.88. The number of hydrogen-bond acceptors (Lipinski definition) is 3. The number of rotatable bonds is 5. The highest BCUT2D eigenvalue weighted by Crippen LogP contribution is 2.14. The zero-order valence-corrected chi connectivity index (χ0v) is 10.7. The SMILES string of the molecule is CC(C)N(CCC#N)Cc1ccc(C#N)cc1F. The van der Waals surface area contributed by atoms with Gasteiger partial charge in [-0.15, -0.1) is 0 Å². The summed E-state index contributed by atoms with van der Waals surface area (Å²) in [7, 11) is 0. The Kier molecular flexibility index (Phi) is 5.30. The largest absolute Gasteiger partial charge is 0.296 e. The highest BCUT2D eigenvalue weighted by atomic mass is 19.1. The van der Waals surface area contributed by atoms with Crippen LogP contribution >= 0.6 is 0 Å². The molecule has 0 aliphatic carbocycles. The van der Waals surface area contributed by atoms with E-state index in [4.69, 9.17) is 10.5 Å². The van der Waals surface area contributed by atoms with E-state index in [-0.39, 0.29) is 11.9 Å². The Morgan fingerprint density at radius 1 is 1.33 bits per heavy atom. The standard InChI is InChI=1S/C14H16FN3/c1-11(2)18(7-3-6-16)10-13-5-4-12(9-17)8-14(13)15/h4-5,8,11H,3,7,10H2,1-2H3. The van der Waals surface area contributed by atoms with E-state index >= 15 is 0 Å². The van der Waals surface area contributed by atoms with Gasteiger partial charge in [0.25, 0.3) is 0 Å². The van der Waals surface area contributed by atoms with Crippen LogP contribution in [0.15, 0.2) is 18.2 Å². The normalized spacial score (nSPS) is 10.4. The van der Waals surface area contributed by atoms with Gasteiger partial charge in [-0.1, -0.05) is 6.07 Å². The van der Waals surface area contributed by atoms with Gasteiger partial charge in [0.15, 0.2) is 0 Å². The molecule has 1 aromatic rings. The minimum atomic E-state index is -0.364. The van der Waals surface area contributed by atoms with Crippen LogP contribution < -0.4 is 0 Å². The van der Waals surface area contributed by atoms with Gasteiger partial charge in [-0.25, -0.2) is 4.39 Å². The van der Waals surface area contributed by atoms with Crippen molar-refractivity contribution in [1.82, 2.24) is 4.90 Å². The van der Waals surface area contributed by atoms with Crippen molar-refractivity contribution in [2.24, 2.45) is 0 Å². The Balaban J connectivity index is 2.81.